The van der Waals surface area contributed by atoms with Gasteiger partial charge in [-0.25, -0.2) is 9.37 Å². The van der Waals surface area contributed by atoms with Crippen molar-refractivity contribution in [3.05, 3.63) is 23.1 Å². The topological polar surface area (TPSA) is 34.2 Å². The average molecular weight is 217 g/mol. The maximum absolute atomic E-state index is 13.3. The van der Waals surface area contributed by atoms with Gasteiger partial charge in [-0.05, 0) is 12.5 Å². The first-order valence-electron chi connectivity index (χ1n) is 4.41. The Balaban J connectivity index is 2.08. The van der Waals surface area contributed by atoms with Gasteiger partial charge in [-0.2, -0.15) is 0 Å². The van der Waals surface area contributed by atoms with Gasteiger partial charge in [-0.3, -0.25) is 0 Å². The molecule has 1 aliphatic heterocycles. The summed E-state index contributed by atoms with van der Waals surface area (Å²) in [5.41, 5.74) is 0. The predicted octanol–water partition coefficient (Wildman–Crippen LogP) is 2.07. The van der Waals surface area contributed by atoms with Gasteiger partial charge >= 0.3 is 0 Å². The standard InChI is InChI=1S/C9H10ClFN2O/c10-6-3-8(11)9(12-4-6)13-7-1-2-14-5-7/h3-4,7H,1-2,5H2,(H,12,13). The number of anilines is 1. The van der Waals surface area contributed by atoms with E-state index in [0.29, 0.717) is 18.2 Å². The van der Waals surface area contributed by atoms with Gasteiger partial charge in [-0.1, -0.05) is 11.6 Å². The Labute approximate surface area is 86.2 Å². The van der Waals surface area contributed by atoms with Crippen molar-refractivity contribution in [2.24, 2.45) is 0 Å². The molecule has 76 valence electrons. The highest BCUT2D eigenvalue weighted by Crippen LogP contribution is 2.18. The highest BCUT2D eigenvalue weighted by Gasteiger charge is 2.17. The fraction of sp³-hybridized carbons (Fsp3) is 0.444. The van der Waals surface area contributed by atoms with Crippen LogP contribution in [0.5, 0.6) is 0 Å². The first-order chi connectivity index (χ1) is 6.75. The Morgan fingerprint density at radius 3 is 3.14 bits per heavy atom. The molecular formula is C9H10ClFN2O. The normalized spacial score (nSPS) is 21.1. The van der Waals surface area contributed by atoms with Crippen molar-refractivity contribution in [2.75, 3.05) is 18.5 Å². The highest BCUT2D eigenvalue weighted by molar-refractivity contribution is 6.30. The number of hydrogen-bond acceptors (Lipinski definition) is 3. The molecule has 5 heteroatoms. The Morgan fingerprint density at radius 2 is 2.50 bits per heavy atom. The zero-order valence-electron chi connectivity index (χ0n) is 7.46. The van der Waals surface area contributed by atoms with Gasteiger partial charge in [0.15, 0.2) is 11.6 Å². The van der Waals surface area contributed by atoms with E-state index in [2.05, 4.69) is 10.3 Å². The second-order valence-electron chi connectivity index (χ2n) is 3.19. The van der Waals surface area contributed by atoms with Crippen LogP contribution in [-0.2, 0) is 4.74 Å². The summed E-state index contributed by atoms with van der Waals surface area (Å²) in [6, 6.07) is 1.39. The lowest BCUT2D eigenvalue weighted by Crippen LogP contribution is -2.20. The predicted molar refractivity (Wildman–Crippen MR) is 52.1 cm³/mol. The van der Waals surface area contributed by atoms with E-state index in [0.717, 1.165) is 6.42 Å². The summed E-state index contributed by atoms with van der Waals surface area (Å²) >= 11 is 5.58. The third-order valence-corrected chi connectivity index (χ3v) is 2.29. The molecule has 1 atom stereocenters. The van der Waals surface area contributed by atoms with E-state index >= 15 is 0 Å². The highest BCUT2D eigenvalue weighted by atomic mass is 35.5. The molecule has 1 fully saturated rings. The van der Waals surface area contributed by atoms with E-state index in [1.807, 2.05) is 0 Å². The molecule has 0 radical (unpaired) electrons. The lowest BCUT2D eigenvalue weighted by atomic mass is 10.2. The molecule has 1 aromatic rings. The van der Waals surface area contributed by atoms with Crippen LogP contribution in [0.4, 0.5) is 10.2 Å². The van der Waals surface area contributed by atoms with Gasteiger partial charge < -0.3 is 10.1 Å². The van der Waals surface area contributed by atoms with Crippen LogP contribution in [0.25, 0.3) is 0 Å². The zero-order valence-corrected chi connectivity index (χ0v) is 8.22. The monoisotopic (exact) mass is 216 g/mol. The van der Waals surface area contributed by atoms with Crippen LogP contribution >= 0.6 is 11.6 Å². The summed E-state index contributed by atoms with van der Waals surface area (Å²) < 4.78 is 18.4. The van der Waals surface area contributed by atoms with E-state index in [1.165, 1.54) is 12.3 Å². The van der Waals surface area contributed by atoms with Crippen molar-refractivity contribution in [1.82, 2.24) is 4.98 Å². The number of ether oxygens (including phenoxy) is 1. The molecule has 1 N–H and O–H groups in total. The van der Waals surface area contributed by atoms with Crippen LogP contribution in [-0.4, -0.2) is 24.2 Å². The number of pyridine rings is 1. The number of nitrogens with one attached hydrogen (secondary N) is 1. The fourth-order valence-corrected chi connectivity index (χ4v) is 1.51. The van der Waals surface area contributed by atoms with Gasteiger partial charge in [-0.15, -0.1) is 0 Å². The first-order valence-corrected chi connectivity index (χ1v) is 4.79. The summed E-state index contributed by atoms with van der Waals surface area (Å²) in [6.45, 7) is 1.32. The smallest absolute Gasteiger partial charge is 0.166 e. The second kappa shape index (κ2) is 4.11. The fourth-order valence-electron chi connectivity index (χ4n) is 1.36. The van der Waals surface area contributed by atoms with E-state index in [-0.39, 0.29) is 11.9 Å². The van der Waals surface area contributed by atoms with Gasteiger partial charge in [0.25, 0.3) is 0 Å². The Hall–Kier alpha value is -0.870. The molecule has 0 amide bonds. The molecule has 2 heterocycles. The molecule has 2 rings (SSSR count). The van der Waals surface area contributed by atoms with E-state index < -0.39 is 5.82 Å². The largest absolute Gasteiger partial charge is 0.379 e. The summed E-state index contributed by atoms with van der Waals surface area (Å²) in [5.74, 6) is -0.186. The van der Waals surface area contributed by atoms with Crippen molar-refractivity contribution in [1.29, 1.82) is 0 Å². The summed E-state index contributed by atoms with van der Waals surface area (Å²) in [7, 11) is 0. The van der Waals surface area contributed by atoms with Gasteiger partial charge in [0.05, 0.1) is 17.7 Å². The van der Waals surface area contributed by atoms with Crippen LogP contribution in [0, 0.1) is 5.82 Å². The lowest BCUT2D eigenvalue weighted by Gasteiger charge is -2.11. The van der Waals surface area contributed by atoms with Crippen molar-refractivity contribution in [3.63, 3.8) is 0 Å². The molecule has 1 unspecified atom stereocenters. The van der Waals surface area contributed by atoms with Gasteiger partial charge in [0.2, 0.25) is 0 Å². The van der Waals surface area contributed by atoms with Crippen LogP contribution < -0.4 is 5.32 Å². The minimum absolute atomic E-state index is 0.151. The van der Waals surface area contributed by atoms with Crippen molar-refractivity contribution >= 4 is 17.4 Å². The minimum atomic E-state index is -0.426. The molecule has 3 nitrogen and oxygen atoms in total. The Morgan fingerprint density at radius 1 is 1.64 bits per heavy atom. The van der Waals surface area contributed by atoms with E-state index in [1.54, 1.807) is 0 Å². The number of aromatic nitrogens is 1. The van der Waals surface area contributed by atoms with Crippen LogP contribution in [0.3, 0.4) is 0 Å². The van der Waals surface area contributed by atoms with Crippen LogP contribution in [0.15, 0.2) is 12.3 Å². The van der Waals surface area contributed by atoms with Crippen LogP contribution in [0.1, 0.15) is 6.42 Å². The molecule has 0 spiro atoms. The second-order valence-corrected chi connectivity index (χ2v) is 3.63. The molecule has 0 bridgehead atoms. The average Bonchev–Trinajstić information content (AvgIpc) is 2.62. The summed E-state index contributed by atoms with van der Waals surface area (Å²) in [4.78, 5) is 3.87. The molecular weight excluding hydrogens is 207 g/mol. The molecule has 1 aliphatic rings. The zero-order chi connectivity index (χ0) is 9.97. The summed E-state index contributed by atoms with van der Waals surface area (Å²) in [5, 5.41) is 3.27. The van der Waals surface area contributed by atoms with Crippen molar-refractivity contribution in [3.8, 4) is 0 Å². The van der Waals surface area contributed by atoms with E-state index in [9.17, 15) is 4.39 Å². The van der Waals surface area contributed by atoms with Gasteiger partial charge in [0.1, 0.15) is 0 Å². The number of nitrogens with zero attached hydrogens (tertiary/aromatic N) is 1. The van der Waals surface area contributed by atoms with Crippen LogP contribution in [0.2, 0.25) is 5.02 Å². The first kappa shape index (κ1) is 9.68. The summed E-state index contributed by atoms with van der Waals surface area (Å²) in [6.07, 6.45) is 2.30. The maximum atomic E-state index is 13.3. The molecule has 0 aliphatic carbocycles. The van der Waals surface area contributed by atoms with E-state index in [4.69, 9.17) is 16.3 Å². The number of halogens is 2. The molecule has 14 heavy (non-hydrogen) atoms. The quantitative estimate of drug-likeness (QED) is 0.822. The van der Waals surface area contributed by atoms with Gasteiger partial charge in [0, 0.05) is 12.8 Å². The minimum Gasteiger partial charge on any atom is -0.379 e. The van der Waals surface area contributed by atoms with Crippen molar-refractivity contribution in [2.45, 2.75) is 12.5 Å². The number of hydrogen-bond donors (Lipinski definition) is 1. The van der Waals surface area contributed by atoms with Crippen molar-refractivity contribution < 1.29 is 9.13 Å². The number of rotatable bonds is 2. The third kappa shape index (κ3) is 2.13. The Bertz CT molecular complexity index is 329. The molecule has 1 aromatic heterocycles. The lowest BCUT2D eigenvalue weighted by molar-refractivity contribution is 0.195. The SMILES string of the molecule is Fc1cc(Cl)cnc1NC1CCOC1. The maximum Gasteiger partial charge on any atom is 0.166 e. The molecule has 0 aromatic carbocycles. The Kier molecular flexibility index (Phi) is 2.84. The molecule has 1 saturated heterocycles. The third-order valence-electron chi connectivity index (χ3n) is 2.08. The molecule has 0 saturated carbocycles.